The van der Waals surface area contributed by atoms with Gasteiger partial charge in [-0.3, -0.25) is 4.79 Å². The number of rotatable bonds is 3. The Morgan fingerprint density at radius 2 is 2.00 bits per heavy atom. The third kappa shape index (κ3) is 3.89. The lowest BCUT2D eigenvalue weighted by molar-refractivity contribution is -0.136. The predicted octanol–water partition coefficient (Wildman–Crippen LogP) is 2.33. The van der Waals surface area contributed by atoms with Crippen molar-refractivity contribution < 1.29 is 9.53 Å². The van der Waals surface area contributed by atoms with E-state index in [-0.39, 0.29) is 11.8 Å². The van der Waals surface area contributed by atoms with Crippen LogP contribution in [0.1, 0.15) is 24.6 Å². The Morgan fingerprint density at radius 3 is 2.81 bits per heavy atom. The summed E-state index contributed by atoms with van der Waals surface area (Å²) in [5.41, 5.74) is 2.19. The first-order chi connectivity index (χ1) is 13.2. The second-order valence-corrected chi connectivity index (χ2v) is 7.18. The van der Waals surface area contributed by atoms with Gasteiger partial charge in [0.05, 0.1) is 6.61 Å². The fourth-order valence-electron chi connectivity index (χ4n) is 3.87. The summed E-state index contributed by atoms with van der Waals surface area (Å²) in [4.78, 5) is 26.0. The van der Waals surface area contributed by atoms with Gasteiger partial charge in [-0.25, -0.2) is 9.97 Å². The molecule has 6 nitrogen and oxygen atoms in total. The average molecular weight is 366 g/mol. The van der Waals surface area contributed by atoms with E-state index in [1.54, 1.807) is 6.33 Å². The number of aromatic nitrogens is 2. The molecular weight excluding hydrogens is 340 g/mol. The van der Waals surface area contributed by atoms with Gasteiger partial charge in [-0.1, -0.05) is 25.1 Å². The van der Waals surface area contributed by atoms with Crippen molar-refractivity contribution in [2.24, 2.45) is 5.92 Å². The summed E-state index contributed by atoms with van der Waals surface area (Å²) in [7, 11) is 0. The lowest BCUT2D eigenvalue weighted by atomic mass is 9.95. The highest BCUT2D eigenvalue weighted by molar-refractivity contribution is 5.79. The number of hydrogen-bond acceptors (Lipinski definition) is 5. The minimum Gasteiger partial charge on any atom is -0.493 e. The van der Waals surface area contributed by atoms with Crippen molar-refractivity contribution in [3.63, 3.8) is 0 Å². The van der Waals surface area contributed by atoms with Crippen molar-refractivity contribution in [2.45, 2.75) is 26.2 Å². The van der Waals surface area contributed by atoms with E-state index >= 15 is 0 Å². The van der Waals surface area contributed by atoms with Gasteiger partial charge in [-0.2, -0.15) is 0 Å². The smallest absolute Gasteiger partial charge is 0.226 e. The number of para-hydroxylation sites is 1. The Morgan fingerprint density at radius 1 is 1.19 bits per heavy atom. The number of aryl methyl sites for hydroxylation is 1. The third-order valence-electron chi connectivity index (χ3n) is 5.50. The Balaban J connectivity index is 1.38. The van der Waals surface area contributed by atoms with Crippen LogP contribution >= 0.6 is 0 Å². The van der Waals surface area contributed by atoms with Crippen molar-refractivity contribution in [3.05, 3.63) is 47.9 Å². The SMILES string of the molecule is CCc1cc(N2CCN(C(=O)C3CCOc4ccccc4C3)CC2)ncn1. The molecule has 0 bridgehead atoms. The number of ether oxygens (including phenoxy) is 1. The van der Waals surface area contributed by atoms with Crippen LogP contribution in [0.4, 0.5) is 5.82 Å². The van der Waals surface area contributed by atoms with Gasteiger partial charge in [-0.05, 0) is 30.9 Å². The molecule has 1 atom stereocenters. The van der Waals surface area contributed by atoms with Crippen molar-refractivity contribution in [1.82, 2.24) is 14.9 Å². The van der Waals surface area contributed by atoms with Gasteiger partial charge in [0.15, 0.2) is 0 Å². The Bertz CT molecular complexity index is 802. The first-order valence-corrected chi connectivity index (χ1v) is 9.80. The maximum Gasteiger partial charge on any atom is 0.226 e. The molecule has 1 saturated heterocycles. The molecule has 1 unspecified atom stereocenters. The Labute approximate surface area is 160 Å². The quantitative estimate of drug-likeness (QED) is 0.834. The highest BCUT2D eigenvalue weighted by Crippen LogP contribution is 2.28. The summed E-state index contributed by atoms with van der Waals surface area (Å²) < 4.78 is 5.82. The summed E-state index contributed by atoms with van der Waals surface area (Å²) >= 11 is 0. The molecule has 1 amide bonds. The van der Waals surface area contributed by atoms with E-state index in [9.17, 15) is 4.79 Å². The second kappa shape index (κ2) is 7.94. The Kier molecular flexibility index (Phi) is 5.23. The minimum absolute atomic E-state index is 0.00550. The van der Waals surface area contributed by atoms with Gasteiger partial charge < -0.3 is 14.5 Å². The van der Waals surface area contributed by atoms with E-state index in [2.05, 4.69) is 33.9 Å². The molecule has 0 radical (unpaired) electrons. The van der Waals surface area contributed by atoms with Crippen LogP contribution in [0.15, 0.2) is 36.7 Å². The molecule has 6 heteroatoms. The van der Waals surface area contributed by atoms with Crippen LogP contribution in [0, 0.1) is 5.92 Å². The highest BCUT2D eigenvalue weighted by atomic mass is 16.5. The van der Waals surface area contributed by atoms with Gasteiger partial charge in [0.2, 0.25) is 5.91 Å². The maximum absolute atomic E-state index is 13.1. The number of carbonyl (C=O) groups is 1. The molecule has 0 saturated carbocycles. The van der Waals surface area contributed by atoms with Gasteiger partial charge in [-0.15, -0.1) is 0 Å². The van der Waals surface area contributed by atoms with Crippen molar-refractivity contribution in [3.8, 4) is 5.75 Å². The van der Waals surface area contributed by atoms with E-state index in [0.717, 1.165) is 68.3 Å². The zero-order chi connectivity index (χ0) is 18.6. The van der Waals surface area contributed by atoms with Crippen LogP contribution < -0.4 is 9.64 Å². The van der Waals surface area contributed by atoms with Crippen molar-refractivity contribution >= 4 is 11.7 Å². The Hall–Kier alpha value is -2.63. The molecule has 2 aliphatic rings. The normalized spacial score (nSPS) is 19.8. The summed E-state index contributed by atoms with van der Waals surface area (Å²) in [5.74, 6) is 2.15. The van der Waals surface area contributed by atoms with Crippen LogP contribution in [0.5, 0.6) is 5.75 Å². The molecule has 0 N–H and O–H groups in total. The van der Waals surface area contributed by atoms with E-state index < -0.39 is 0 Å². The van der Waals surface area contributed by atoms with Gasteiger partial charge >= 0.3 is 0 Å². The molecule has 0 spiro atoms. The first kappa shape index (κ1) is 17.8. The number of piperazine rings is 1. The zero-order valence-corrected chi connectivity index (χ0v) is 15.8. The van der Waals surface area contributed by atoms with Crippen LogP contribution in [-0.4, -0.2) is 53.6 Å². The summed E-state index contributed by atoms with van der Waals surface area (Å²) in [6.45, 7) is 5.80. The number of carbonyl (C=O) groups excluding carboxylic acids is 1. The number of benzene rings is 1. The summed E-state index contributed by atoms with van der Waals surface area (Å²) in [5, 5.41) is 0. The maximum atomic E-state index is 13.1. The fraction of sp³-hybridized carbons (Fsp3) is 0.476. The minimum atomic E-state index is 0.00550. The standard InChI is InChI=1S/C21H26N4O2/c1-2-18-14-20(23-15-22-18)24-8-10-25(11-9-24)21(26)17-7-12-27-19-6-4-3-5-16(19)13-17/h3-6,14-15,17H,2,7-13H2,1H3. The number of anilines is 1. The van der Waals surface area contributed by atoms with E-state index in [4.69, 9.17) is 4.74 Å². The molecule has 27 heavy (non-hydrogen) atoms. The lowest BCUT2D eigenvalue weighted by Gasteiger charge is -2.37. The lowest BCUT2D eigenvalue weighted by Crippen LogP contribution is -2.51. The van der Waals surface area contributed by atoms with Gasteiger partial charge in [0.1, 0.15) is 17.9 Å². The molecule has 142 valence electrons. The van der Waals surface area contributed by atoms with Crippen molar-refractivity contribution in [2.75, 3.05) is 37.7 Å². The summed E-state index contributed by atoms with van der Waals surface area (Å²) in [6.07, 6.45) is 4.08. The molecule has 2 aromatic rings. The monoisotopic (exact) mass is 366 g/mol. The molecule has 1 aromatic heterocycles. The first-order valence-electron chi connectivity index (χ1n) is 9.80. The van der Waals surface area contributed by atoms with Gasteiger partial charge in [0, 0.05) is 43.9 Å². The van der Waals surface area contributed by atoms with Crippen LogP contribution in [0.3, 0.4) is 0 Å². The fourth-order valence-corrected chi connectivity index (χ4v) is 3.87. The number of nitrogens with zero attached hydrogens (tertiary/aromatic N) is 4. The molecule has 4 rings (SSSR count). The predicted molar refractivity (Wildman–Crippen MR) is 104 cm³/mol. The van der Waals surface area contributed by atoms with Crippen molar-refractivity contribution in [1.29, 1.82) is 0 Å². The largest absolute Gasteiger partial charge is 0.493 e. The third-order valence-corrected chi connectivity index (χ3v) is 5.50. The number of amides is 1. The molecule has 1 fully saturated rings. The highest BCUT2D eigenvalue weighted by Gasteiger charge is 2.30. The zero-order valence-electron chi connectivity index (χ0n) is 15.8. The number of fused-ring (bicyclic) bond motifs is 1. The topological polar surface area (TPSA) is 58.6 Å². The van der Waals surface area contributed by atoms with Crippen LogP contribution in [0.25, 0.3) is 0 Å². The van der Waals surface area contributed by atoms with E-state index in [0.29, 0.717) is 6.61 Å². The van der Waals surface area contributed by atoms with E-state index in [1.165, 1.54) is 0 Å². The molecule has 1 aromatic carbocycles. The van der Waals surface area contributed by atoms with Crippen LogP contribution in [0.2, 0.25) is 0 Å². The van der Waals surface area contributed by atoms with E-state index in [1.807, 2.05) is 23.1 Å². The number of hydrogen-bond donors (Lipinski definition) is 0. The van der Waals surface area contributed by atoms with Crippen LogP contribution in [-0.2, 0) is 17.6 Å². The molecule has 2 aliphatic heterocycles. The van der Waals surface area contributed by atoms with Gasteiger partial charge in [0.25, 0.3) is 0 Å². The molecular formula is C21H26N4O2. The second-order valence-electron chi connectivity index (χ2n) is 7.18. The molecule has 0 aliphatic carbocycles. The summed E-state index contributed by atoms with van der Waals surface area (Å²) in [6, 6.07) is 10.1. The average Bonchev–Trinajstić information content (AvgIpc) is 2.96. The molecule has 3 heterocycles.